The van der Waals surface area contributed by atoms with Crippen molar-refractivity contribution in [3.8, 4) is 0 Å². The Hall–Kier alpha value is -0.580. The fourth-order valence-electron chi connectivity index (χ4n) is 0.765. The Morgan fingerprint density at radius 2 is 1.91 bits per heavy atom. The number of hydrogen-bond acceptors (Lipinski definition) is 1. The average Bonchev–Trinajstić information content (AvgIpc) is 2.05. The number of benzene rings is 1. The monoisotopic (exact) mass is 262 g/mol. The lowest BCUT2D eigenvalue weighted by atomic mass is 10.2. The van der Waals surface area contributed by atoms with Gasteiger partial charge < -0.3 is 5.11 Å². The third kappa shape index (κ3) is 2.18. The lowest BCUT2D eigenvalue weighted by Crippen LogP contribution is -2.03. The van der Waals surface area contributed by atoms with E-state index in [1.54, 1.807) is 0 Å². The number of halogens is 1. The Morgan fingerprint density at radius 3 is 2.36 bits per heavy atom. The van der Waals surface area contributed by atoms with Crippen LogP contribution in [0.3, 0.4) is 0 Å². The number of rotatable bonds is 2. The summed E-state index contributed by atoms with van der Waals surface area (Å²) in [6, 6.07) is 9.17. The van der Waals surface area contributed by atoms with E-state index in [1.165, 1.54) is 0 Å². The molecule has 0 bridgehead atoms. The summed E-state index contributed by atoms with van der Waals surface area (Å²) in [5.41, 5.74) is 0.834. The van der Waals surface area contributed by atoms with Crippen molar-refractivity contribution in [2.45, 2.75) is 3.92 Å². The van der Waals surface area contributed by atoms with Gasteiger partial charge in [0.05, 0.1) is 0 Å². The highest BCUT2D eigenvalue weighted by atomic mass is 127. The van der Waals surface area contributed by atoms with Gasteiger partial charge in [0.15, 0.2) is 0 Å². The van der Waals surface area contributed by atoms with Gasteiger partial charge in [-0.3, -0.25) is 4.79 Å². The molecular weight excluding hydrogens is 255 g/mol. The molecule has 0 aliphatic rings. The van der Waals surface area contributed by atoms with E-state index in [4.69, 9.17) is 5.11 Å². The first kappa shape index (κ1) is 8.52. The molecule has 0 aliphatic heterocycles. The third-order valence-electron chi connectivity index (χ3n) is 1.31. The van der Waals surface area contributed by atoms with Gasteiger partial charge in [-0.05, 0) is 5.56 Å². The zero-order valence-electron chi connectivity index (χ0n) is 5.70. The summed E-state index contributed by atoms with van der Waals surface area (Å²) < 4.78 is -0.436. The topological polar surface area (TPSA) is 37.3 Å². The van der Waals surface area contributed by atoms with Gasteiger partial charge in [-0.2, -0.15) is 0 Å². The van der Waals surface area contributed by atoms with Crippen LogP contribution in [0.4, 0.5) is 0 Å². The maximum atomic E-state index is 10.5. The van der Waals surface area contributed by atoms with Crippen LogP contribution in [0.1, 0.15) is 9.49 Å². The van der Waals surface area contributed by atoms with Gasteiger partial charge in [-0.15, -0.1) is 0 Å². The minimum absolute atomic E-state index is 0.436. The van der Waals surface area contributed by atoms with Crippen molar-refractivity contribution >= 4 is 28.6 Å². The Balaban J connectivity index is 2.85. The molecule has 1 rings (SSSR count). The molecule has 0 aliphatic carbocycles. The molecule has 1 aromatic rings. The van der Waals surface area contributed by atoms with Crippen LogP contribution >= 0.6 is 22.6 Å². The summed E-state index contributed by atoms with van der Waals surface area (Å²) in [4.78, 5) is 10.5. The van der Waals surface area contributed by atoms with E-state index >= 15 is 0 Å². The fourth-order valence-corrected chi connectivity index (χ4v) is 1.18. The summed E-state index contributed by atoms with van der Waals surface area (Å²) in [5.74, 6) is -0.795. The van der Waals surface area contributed by atoms with Crippen LogP contribution < -0.4 is 0 Å². The Labute approximate surface area is 78.4 Å². The van der Waals surface area contributed by atoms with Crippen LogP contribution in [0.2, 0.25) is 0 Å². The Morgan fingerprint density at radius 1 is 1.36 bits per heavy atom. The number of carboxylic acids is 1. The molecule has 1 aromatic carbocycles. The van der Waals surface area contributed by atoms with Crippen LogP contribution in [0, 0.1) is 0 Å². The molecule has 1 atom stereocenters. The molecule has 0 radical (unpaired) electrons. The third-order valence-corrected chi connectivity index (χ3v) is 2.56. The van der Waals surface area contributed by atoms with E-state index in [2.05, 4.69) is 0 Å². The SMILES string of the molecule is O=C(O)[C@@H](I)c1ccccc1. The lowest BCUT2D eigenvalue weighted by Gasteiger charge is -2.02. The first-order valence-electron chi connectivity index (χ1n) is 3.13. The second kappa shape index (κ2) is 3.71. The Kier molecular flexibility index (Phi) is 2.87. The summed E-state index contributed by atoms with van der Waals surface area (Å²) >= 11 is 1.90. The van der Waals surface area contributed by atoms with Crippen molar-refractivity contribution in [3.63, 3.8) is 0 Å². The zero-order chi connectivity index (χ0) is 8.27. The predicted octanol–water partition coefficient (Wildman–Crippen LogP) is 2.25. The van der Waals surface area contributed by atoms with E-state index in [9.17, 15) is 4.79 Å². The summed E-state index contributed by atoms with van der Waals surface area (Å²) in [6.07, 6.45) is 0. The standard InChI is InChI=1S/C8H7IO2/c9-7(8(10)11)6-4-2-1-3-5-6/h1-5,7H,(H,10,11)/t7-/m0/s1. The molecule has 0 fully saturated rings. The predicted molar refractivity (Wildman–Crippen MR) is 50.8 cm³/mol. The second-order valence-corrected chi connectivity index (χ2v) is 3.36. The van der Waals surface area contributed by atoms with Crippen molar-refractivity contribution in [1.82, 2.24) is 0 Å². The summed E-state index contributed by atoms with van der Waals surface area (Å²) in [6.45, 7) is 0. The maximum absolute atomic E-state index is 10.5. The molecule has 11 heavy (non-hydrogen) atoms. The van der Waals surface area contributed by atoms with Gasteiger partial charge in [0.2, 0.25) is 0 Å². The summed E-state index contributed by atoms with van der Waals surface area (Å²) in [7, 11) is 0. The van der Waals surface area contributed by atoms with Gasteiger partial charge in [0, 0.05) is 0 Å². The van der Waals surface area contributed by atoms with Crippen LogP contribution in [-0.4, -0.2) is 11.1 Å². The molecule has 58 valence electrons. The number of carbonyl (C=O) groups is 1. The molecule has 0 saturated carbocycles. The molecule has 0 heterocycles. The van der Waals surface area contributed by atoms with Crippen LogP contribution in [0.25, 0.3) is 0 Å². The van der Waals surface area contributed by atoms with Gasteiger partial charge in [0.1, 0.15) is 3.92 Å². The van der Waals surface area contributed by atoms with Gasteiger partial charge >= 0.3 is 5.97 Å². The van der Waals surface area contributed by atoms with E-state index < -0.39 is 9.89 Å². The van der Waals surface area contributed by atoms with Gasteiger partial charge in [-0.1, -0.05) is 52.9 Å². The quantitative estimate of drug-likeness (QED) is 0.655. The fraction of sp³-hybridized carbons (Fsp3) is 0.125. The van der Waals surface area contributed by atoms with E-state index in [-0.39, 0.29) is 0 Å². The van der Waals surface area contributed by atoms with Crippen molar-refractivity contribution in [3.05, 3.63) is 35.9 Å². The van der Waals surface area contributed by atoms with Crippen molar-refractivity contribution in [2.75, 3.05) is 0 Å². The van der Waals surface area contributed by atoms with Crippen molar-refractivity contribution in [2.24, 2.45) is 0 Å². The number of aliphatic carboxylic acids is 1. The molecule has 2 nitrogen and oxygen atoms in total. The maximum Gasteiger partial charge on any atom is 0.320 e. The van der Waals surface area contributed by atoms with Gasteiger partial charge in [0.25, 0.3) is 0 Å². The molecule has 3 heteroatoms. The Bertz CT molecular complexity index is 246. The second-order valence-electron chi connectivity index (χ2n) is 2.11. The van der Waals surface area contributed by atoms with Crippen LogP contribution in [0.15, 0.2) is 30.3 Å². The lowest BCUT2D eigenvalue weighted by molar-refractivity contribution is -0.136. The van der Waals surface area contributed by atoms with Gasteiger partial charge in [-0.25, -0.2) is 0 Å². The van der Waals surface area contributed by atoms with Crippen LogP contribution in [-0.2, 0) is 4.79 Å². The molecule has 0 unspecified atom stereocenters. The molecule has 0 aromatic heterocycles. The normalized spacial score (nSPS) is 12.5. The highest BCUT2D eigenvalue weighted by Crippen LogP contribution is 2.22. The smallest absolute Gasteiger partial charge is 0.320 e. The average molecular weight is 262 g/mol. The highest BCUT2D eigenvalue weighted by molar-refractivity contribution is 14.1. The first-order valence-corrected chi connectivity index (χ1v) is 4.38. The minimum Gasteiger partial charge on any atom is -0.480 e. The molecular formula is C8H7IO2. The number of carboxylic acid groups (broad SMARTS) is 1. The van der Waals surface area contributed by atoms with E-state index in [0.717, 1.165) is 5.56 Å². The first-order chi connectivity index (χ1) is 5.22. The molecule has 0 amide bonds. The van der Waals surface area contributed by atoms with E-state index in [1.807, 2.05) is 52.9 Å². The van der Waals surface area contributed by atoms with Crippen LogP contribution in [0.5, 0.6) is 0 Å². The molecule has 0 spiro atoms. The minimum atomic E-state index is -0.795. The van der Waals surface area contributed by atoms with Crippen molar-refractivity contribution in [1.29, 1.82) is 0 Å². The molecule has 1 N–H and O–H groups in total. The summed E-state index contributed by atoms with van der Waals surface area (Å²) in [5, 5.41) is 8.63. The largest absolute Gasteiger partial charge is 0.480 e. The highest BCUT2D eigenvalue weighted by Gasteiger charge is 2.13. The molecule has 0 saturated heterocycles. The number of alkyl halides is 1. The van der Waals surface area contributed by atoms with E-state index in [0.29, 0.717) is 0 Å². The van der Waals surface area contributed by atoms with Crippen molar-refractivity contribution < 1.29 is 9.90 Å². The zero-order valence-corrected chi connectivity index (χ0v) is 7.86. The number of hydrogen-bond donors (Lipinski definition) is 1.